The molecule has 27 heavy (non-hydrogen) atoms. The summed E-state index contributed by atoms with van der Waals surface area (Å²) in [6.07, 6.45) is 1.48. The number of nitro groups is 1. The monoisotopic (exact) mass is 386 g/mol. The van der Waals surface area contributed by atoms with Crippen molar-refractivity contribution in [1.82, 2.24) is 0 Å². The van der Waals surface area contributed by atoms with Crippen LogP contribution in [0.3, 0.4) is 0 Å². The summed E-state index contributed by atoms with van der Waals surface area (Å²) in [7, 11) is 1.28. The first-order chi connectivity index (χ1) is 12.9. The van der Waals surface area contributed by atoms with Gasteiger partial charge in [0.2, 0.25) is 5.90 Å². The van der Waals surface area contributed by atoms with Crippen molar-refractivity contribution in [2.45, 2.75) is 0 Å². The standard InChI is InChI=1S/C18H11ClN2O6/c1-26-17(22)11-4-2-10(3-5-11)8-15-18(23)27-16(20-15)13-7-6-12(21(24)25)9-14(13)19/h2-9H,1H3. The zero-order valence-electron chi connectivity index (χ0n) is 13.8. The van der Waals surface area contributed by atoms with Gasteiger partial charge in [-0.25, -0.2) is 14.6 Å². The average molecular weight is 387 g/mol. The summed E-state index contributed by atoms with van der Waals surface area (Å²) in [5.74, 6) is -1.20. The zero-order chi connectivity index (χ0) is 19.6. The highest BCUT2D eigenvalue weighted by molar-refractivity contribution is 6.34. The molecule has 0 unspecified atom stereocenters. The van der Waals surface area contributed by atoms with Crippen LogP contribution in [0.5, 0.6) is 0 Å². The second-order valence-electron chi connectivity index (χ2n) is 5.37. The molecule has 2 aromatic rings. The molecule has 0 aromatic heterocycles. The molecule has 3 rings (SSSR count). The fraction of sp³-hybridized carbons (Fsp3) is 0.0556. The van der Waals surface area contributed by atoms with Crippen LogP contribution in [0.15, 0.2) is 53.2 Å². The van der Waals surface area contributed by atoms with Crippen molar-refractivity contribution in [2.24, 2.45) is 4.99 Å². The van der Waals surface area contributed by atoms with E-state index in [0.717, 1.165) is 6.07 Å². The Kier molecular flexibility index (Phi) is 5.00. The first-order valence-corrected chi connectivity index (χ1v) is 7.92. The SMILES string of the molecule is COC(=O)c1ccc(C=C2N=C(c3ccc([N+](=O)[O-])cc3Cl)OC2=O)cc1. The lowest BCUT2D eigenvalue weighted by atomic mass is 10.1. The van der Waals surface area contributed by atoms with E-state index in [2.05, 4.69) is 9.73 Å². The molecule has 0 N–H and O–H groups in total. The minimum atomic E-state index is -0.684. The lowest BCUT2D eigenvalue weighted by Crippen LogP contribution is -2.06. The number of rotatable bonds is 4. The minimum absolute atomic E-state index is 0.0326. The van der Waals surface area contributed by atoms with Crippen LogP contribution in [0.25, 0.3) is 6.08 Å². The molecule has 1 aliphatic heterocycles. The number of esters is 2. The molecule has 0 fully saturated rings. The fourth-order valence-corrected chi connectivity index (χ4v) is 2.56. The molecule has 0 amide bonds. The molecule has 1 heterocycles. The molecule has 0 atom stereocenters. The number of nitrogens with zero attached hydrogens (tertiary/aromatic N) is 2. The summed E-state index contributed by atoms with van der Waals surface area (Å²) in [5.41, 5.74) is 1.10. The van der Waals surface area contributed by atoms with Gasteiger partial charge in [0.15, 0.2) is 5.70 Å². The van der Waals surface area contributed by atoms with Gasteiger partial charge in [-0.05, 0) is 29.8 Å². The summed E-state index contributed by atoms with van der Waals surface area (Å²) in [4.78, 5) is 37.8. The smallest absolute Gasteiger partial charge is 0.363 e. The number of non-ortho nitro benzene ring substituents is 1. The molecule has 0 aliphatic carbocycles. The van der Waals surface area contributed by atoms with Crippen LogP contribution < -0.4 is 0 Å². The number of carbonyl (C=O) groups excluding carboxylic acids is 2. The van der Waals surface area contributed by atoms with Crippen molar-refractivity contribution < 1.29 is 24.0 Å². The van der Waals surface area contributed by atoms with E-state index >= 15 is 0 Å². The van der Waals surface area contributed by atoms with Crippen molar-refractivity contribution in [3.05, 3.63) is 80.0 Å². The van der Waals surface area contributed by atoms with E-state index in [1.165, 1.54) is 25.3 Å². The van der Waals surface area contributed by atoms with Crippen LogP contribution >= 0.6 is 11.6 Å². The minimum Gasteiger partial charge on any atom is -0.465 e. The number of hydrogen-bond donors (Lipinski definition) is 0. The first-order valence-electron chi connectivity index (χ1n) is 7.54. The van der Waals surface area contributed by atoms with E-state index in [1.54, 1.807) is 24.3 Å². The van der Waals surface area contributed by atoms with Crippen molar-refractivity contribution in [1.29, 1.82) is 0 Å². The normalized spacial score (nSPS) is 14.7. The molecule has 1 aliphatic rings. The predicted octanol–water partition coefficient (Wildman–Crippen LogP) is 3.38. The second kappa shape index (κ2) is 7.38. The Balaban J connectivity index is 1.89. The van der Waals surface area contributed by atoms with Crippen LogP contribution in [0.2, 0.25) is 5.02 Å². The molecule has 0 saturated heterocycles. The Morgan fingerprint density at radius 1 is 1.26 bits per heavy atom. The summed E-state index contributed by atoms with van der Waals surface area (Å²) >= 11 is 6.03. The number of methoxy groups -OCH3 is 1. The molecule has 0 radical (unpaired) electrons. The Morgan fingerprint density at radius 2 is 1.96 bits per heavy atom. The lowest BCUT2D eigenvalue weighted by Gasteiger charge is -2.02. The lowest BCUT2D eigenvalue weighted by molar-refractivity contribution is -0.384. The van der Waals surface area contributed by atoms with Gasteiger partial charge in [0.1, 0.15) is 0 Å². The van der Waals surface area contributed by atoms with Crippen molar-refractivity contribution in [3.8, 4) is 0 Å². The van der Waals surface area contributed by atoms with Crippen LogP contribution in [0, 0.1) is 10.1 Å². The van der Waals surface area contributed by atoms with Crippen LogP contribution in [0.1, 0.15) is 21.5 Å². The number of nitro benzene ring substituents is 1. The van der Waals surface area contributed by atoms with E-state index in [0.29, 0.717) is 11.1 Å². The largest absolute Gasteiger partial charge is 0.465 e. The van der Waals surface area contributed by atoms with E-state index in [9.17, 15) is 19.7 Å². The molecule has 0 bridgehead atoms. The Morgan fingerprint density at radius 3 is 2.56 bits per heavy atom. The van der Waals surface area contributed by atoms with Crippen molar-refractivity contribution >= 4 is 41.2 Å². The maximum atomic E-state index is 12.0. The van der Waals surface area contributed by atoms with E-state index in [-0.39, 0.29) is 27.9 Å². The highest BCUT2D eigenvalue weighted by Gasteiger charge is 2.26. The Bertz CT molecular complexity index is 1010. The van der Waals surface area contributed by atoms with Crippen LogP contribution in [0.4, 0.5) is 5.69 Å². The van der Waals surface area contributed by atoms with Crippen molar-refractivity contribution in [3.63, 3.8) is 0 Å². The van der Waals surface area contributed by atoms with E-state index in [1.807, 2.05) is 0 Å². The molecule has 9 heteroatoms. The summed E-state index contributed by atoms with van der Waals surface area (Å²) < 4.78 is 9.73. The molecule has 0 saturated carbocycles. The van der Waals surface area contributed by atoms with Gasteiger partial charge in [-0.3, -0.25) is 10.1 Å². The van der Waals surface area contributed by atoms with Crippen LogP contribution in [-0.4, -0.2) is 29.9 Å². The van der Waals surface area contributed by atoms with Gasteiger partial charge < -0.3 is 9.47 Å². The topological polar surface area (TPSA) is 108 Å². The highest BCUT2D eigenvalue weighted by Crippen LogP contribution is 2.27. The molecular weight excluding hydrogens is 376 g/mol. The van der Waals surface area contributed by atoms with Gasteiger partial charge >= 0.3 is 11.9 Å². The summed E-state index contributed by atoms with van der Waals surface area (Å²) in [6, 6.07) is 10.1. The molecule has 136 valence electrons. The summed E-state index contributed by atoms with van der Waals surface area (Å²) in [5, 5.41) is 10.8. The predicted molar refractivity (Wildman–Crippen MR) is 96.5 cm³/mol. The van der Waals surface area contributed by atoms with Gasteiger partial charge in [0.05, 0.1) is 28.2 Å². The van der Waals surface area contributed by atoms with E-state index < -0.39 is 16.9 Å². The number of benzene rings is 2. The van der Waals surface area contributed by atoms with Crippen LogP contribution in [-0.2, 0) is 14.3 Å². The number of aliphatic imine (C=N–C) groups is 1. The highest BCUT2D eigenvalue weighted by atomic mass is 35.5. The molecular formula is C18H11ClN2O6. The first kappa shape index (κ1) is 18.3. The van der Waals surface area contributed by atoms with Gasteiger partial charge in [-0.1, -0.05) is 23.7 Å². The Hall–Kier alpha value is -3.52. The van der Waals surface area contributed by atoms with Gasteiger partial charge in [0.25, 0.3) is 5.69 Å². The fourth-order valence-electron chi connectivity index (χ4n) is 2.31. The molecule has 8 nitrogen and oxygen atoms in total. The van der Waals surface area contributed by atoms with Crippen molar-refractivity contribution in [2.75, 3.05) is 7.11 Å². The second-order valence-corrected chi connectivity index (χ2v) is 5.78. The number of cyclic esters (lactones) is 1. The molecule has 0 spiro atoms. The number of ether oxygens (including phenoxy) is 2. The van der Waals surface area contributed by atoms with E-state index in [4.69, 9.17) is 16.3 Å². The third-order valence-corrected chi connectivity index (χ3v) is 3.96. The molecule has 2 aromatic carbocycles. The number of carbonyl (C=O) groups is 2. The maximum Gasteiger partial charge on any atom is 0.363 e. The number of hydrogen-bond acceptors (Lipinski definition) is 7. The third-order valence-electron chi connectivity index (χ3n) is 3.65. The Labute approximate surface area is 157 Å². The van der Waals surface area contributed by atoms with Gasteiger partial charge in [-0.15, -0.1) is 0 Å². The zero-order valence-corrected chi connectivity index (χ0v) is 14.6. The number of halogens is 1. The maximum absolute atomic E-state index is 12.0. The van der Waals surface area contributed by atoms with Gasteiger partial charge in [0, 0.05) is 12.1 Å². The summed E-state index contributed by atoms with van der Waals surface area (Å²) in [6.45, 7) is 0. The van der Waals surface area contributed by atoms with Gasteiger partial charge in [-0.2, -0.15) is 0 Å². The third kappa shape index (κ3) is 3.85. The quantitative estimate of drug-likeness (QED) is 0.345. The average Bonchev–Trinajstić information content (AvgIpc) is 3.01.